The van der Waals surface area contributed by atoms with Crippen LogP contribution in [0.3, 0.4) is 0 Å². The number of urea groups is 1. The van der Waals surface area contributed by atoms with Gasteiger partial charge < -0.3 is 15.5 Å². The zero-order valence-corrected chi connectivity index (χ0v) is 21.4. The smallest absolute Gasteiger partial charge is 0.322 e. The zero-order chi connectivity index (χ0) is 26.1. The molecule has 2 atom stereocenters. The number of hydrogen-bond donors (Lipinski definition) is 2. The molecule has 0 aliphatic carbocycles. The highest BCUT2D eigenvalue weighted by Crippen LogP contribution is 2.38. The highest BCUT2D eigenvalue weighted by atomic mass is 19.1. The molecule has 190 valence electrons. The van der Waals surface area contributed by atoms with Gasteiger partial charge in [-0.15, -0.1) is 0 Å². The van der Waals surface area contributed by atoms with Gasteiger partial charge in [-0.2, -0.15) is 0 Å². The van der Waals surface area contributed by atoms with Crippen molar-refractivity contribution in [2.75, 3.05) is 18.4 Å². The van der Waals surface area contributed by atoms with E-state index >= 15 is 0 Å². The van der Waals surface area contributed by atoms with Crippen LogP contribution in [0.15, 0.2) is 53.7 Å². The number of anilines is 1. The molecule has 0 aromatic heterocycles. The number of halogens is 1. The molecule has 0 bridgehead atoms. The Hall–Kier alpha value is -3.68. The minimum Gasteiger partial charge on any atom is -0.326 e. The quantitative estimate of drug-likeness (QED) is 0.589. The van der Waals surface area contributed by atoms with Crippen molar-refractivity contribution in [2.24, 2.45) is 5.92 Å². The molecule has 0 spiro atoms. The second kappa shape index (κ2) is 10.1. The highest BCUT2D eigenvalue weighted by molar-refractivity contribution is 6.05. The van der Waals surface area contributed by atoms with Gasteiger partial charge in [0.05, 0.1) is 23.9 Å². The monoisotopic (exact) mass is 492 g/mol. The number of nitrogens with zero attached hydrogens (tertiary/aromatic N) is 2. The van der Waals surface area contributed by atoms with Crippen molar-refractivity contribution in [3.63, 3.8) is 0 Å². The van der Waals surface area contributed by atoms with E-state index in [1.165, 1.54) is 24.3 Å². The fourth-order valence-corrected chi connectivity index (χ4v) is 5.06. The van der Waals surface area contributed by atoms with Crippen molar-refractivity contribution >= 4 is 23.5 Å². The number of likely N-dealkylation sites (N-methyl/N-ethyl adjacent to an activating group) is 1. The Bertz CT molecular complexity index is 1220. The lowest BCUT2D eigenvalue weighted by molar-refractivity contribution is -0.134. The van der Waals surface area contributed by atoms with Gasteiger partial charge in [0.25, 0.3) is 5.91 Å². The van der Waals surface area contributed by atoms with Crippen molar-refractivity contribution < 1.29 is 18.8 Å². The predicted octanol–water partition coefficient (Wildman–Crippen LogP) is 4.68. The molecule has 0 radical (unpaired) electrons. The second-order valence-electron chi connectivity index (χ2n) is 9.92. The van der Waals surface area contributed by atoms with Gasteiger partial charge in [0, 0.05) is 12.2 Å². The average Bonchev–Trinajstić information content (AvgIpc) is 3.15. The van der Waals surface area contributed by atoms with Gasteiger partial charge in [-0.05, 0) is 68.5 Å². The van der Waals surface area contributed by atoms with E-state index in [0.717, 1.165) is 16.7 Å². The van der Waals surface area contributed by atoms with Gasteiger partial charge >= 0.3 is 6.03 Å². The number of amides is 4. The van der Waals surface area contributed by atoms with E-state index in [-0.39, 0.29) is 30.3 Å². The SMILES string of the molecule is CCN1C(=O)NC(c2ccc(C)cc2C)C2=C1CN(C(CC(C)C)C(=O)Nc1ccc(F)cc1)C2=O. The lowest BCUT2D eigenvalue weighted by atomic mass is 9.91. The molecular formula is C28H33FN4O3. The van der Waals surface area contributed by atoms with Crippen molar-refractivity contribution in [3.8, 4) is 0 Å². The average molecular weight is 493 g/mol. The number of carbonyl (C=O) groups is 3. The number of rotatable bonds is 7. The molecule has 4 rings (SSSR count). The lowest BCUT2D eigenvalue weighted by Crippen LogP contribution is -2.47. The van der Waals surface area contributed by atoms with Crippen LogP contribution in [-0.2, 0) is 9.59 Å². The molecule has 8 heteroatoms. The maximum absolute atomic E-state index is 14.0. The van der Waals surface area contributed by atoms with Crippen LogP contribution >= 0.6 is 0 Å². The number of carbonyl (C=O) groups excluding carboxylic acids is 3. The van der Waals surface area contributed by atoms with Crippen LogP contribution in [0.25, 0.3) is 0 Å². The molecule has 2 heterocycles. The molecule has 0 saturated heterocycles. The van der Waals surface area contributed by atoms with Gasteiger partial charge in [0.2, 0.25) is 5.91 Å². The van der Waals surface area contributed by atoms with Crippen LogP contribution in [0, 0.1) is 25.6 Å². The fraction of sp³-hybridized carbons (Fsp3) is 0.393. The van der Waals surface area contributed by atoms with E-state index in [4.69, 9.17) is 0 Å². The molecule has 2 aliphatic rings. The molecule has 4 amide bonds. The van der Waals surface area contributed by atoms with Crippen molar-refractivity contribution in [1.29, 1.82) is 0 Å². The summed E-state index contributed by atoms with van der Waals surface area (Å²) in [6.07, 6.45) is 0.445. The minimum atomic E-state index is -0.748. The van der Waals surface area contributed by atoms with Crippen LogP contribution in [0.5, 0.6) is 0 Å². The van der Waals surface area contributed by atoms with Crippen molar-refractivity contribution in [2.45, 2.75) is 53.1 Å². The summed E-state index contributed by atoms with van der Waals surface area (Å²) < 4.78 is 13.3. The molecule has 2 N–H and O–H groups in total. The third kappa shape index (κ3) is 4.85. The summed E-state index contributed by atoms with van der Waals surface area (Å²) in [5.74, 6) is -0.855. The van der Waals surface area contributed by atoms with Crippen LogP contribution in [-0.4, -0.2) is 46.8 Å². The molecule has 0 saturated carbocycles. The third-order valence-corrected chi connectivity index (χ3v) is 6.79. The summed E-state index contributed by atoms with van der Waals surface area (Å²) in [7, 11) is 0. The van der Waals surface area contributed by atoms with Crippen molar-refractivity contribution in [3.05, 3.63) is 76.2 Å². The molecular weight excluding hydrogens is 459 g/mol. The Kier molecular flexibility index (Phi) is 7.15. The Morgan fingerprint density at radius 2 is 1.83 bits per heavy atom. The number of hydrogen-bond acceptors (Lipinski definition) is 3. The maximum Gasteiger partial charge on any atom is 0.322 e. The van der Waals surface area contributed by atoms with E-state index in [0.29, 0.717) is 29.9 Å². The summed E-state index contributed by atoms with van der Waals surface area (Å²) in [6.45, 7) is 10.4. The highest BCUT2D eigenvalue weighted by Gasteiger charge is 2.47. The Labute approximate surface area is 211 Å². The van der Waals surface area contributed by atoms with Crippen LogP contribution in [0.1, 0.15) is 49.9 Å². The molecule has 2 unspecified atom stereocenters. The van der Waals surface area contributed by atoms with Gasteiger partial charge in [-0.25, -0.2) is 9.18 Å². The van der Waals surface area contributed by atoms with E-state index in [2.05, 4.69) is 10.6 Å². The van der Waals surface area contributed by atoms with Crippen LogP contribution < -0.4 is 10.6 Å². The fourth-order valence-electron chi connectivity index (χ4n) is 5.06. The predicted molar refractivity (Wildman–Crippen MR) is 137 cm³/mol. The third-order valence-electron chi connectivity index (χ3n) is 6.79. The topological polar surface area (TPSA) is 81.8 Å². The molecule has 0 fully saturated rings. The first-order valence-electron chi connectivity index (χ1n) is 12.4. The summed E-state index contributed by atoms with van der Waals surface area (Å²) in [5.41, 5.74) is 4.54. The summed E-state index contributed by atoms with van der Waals surface area (Å²) in [4.78, 5) is 43.6. The first-order chi connectivity index (χ1) is 17.1. The largest absolute Gasteiger partial charge is 0.326 e. The molecule has 36 heavy (non-hydrogen) atoms. The van der Waals surface area contributed by atoms with E-state index in [1.807, 2.05) is 52.8 Å². The number of benzene rings is 2. The normalized spacial score (nSPS) is 18.5. The second-order valence-corrected chi connectivity index (χ2v) is 9.92. The minimum absolute atomic E-state index is 0.136. The van der Waals surface area contributed by atoms with Crippen LogP contribution in [0.4, 0.5) is 14.9 Å². The first kappa shape index (κ1) is 25.4. The van der Waals surface area contributed by atoms with Gasteiger partial charge in [-0.3, -0.25) is 14.5 Å². The Balaban J connectivity index is 1.70. The summed E-state index contributed by atoms with van der Waals surface area (Å²) in [6, 6.07) is 9.89. The maximum atomic E-state index is 14.0. The molecule has 2 aromatic carbocycles. The van der Waals surface area contributed by atoms with E-state index in [1.54, 1.807) is 9.80 Å². The number of aryl methyl sites for hydroxylation is 2. The number of nitrogens with one attached hydrogen (secondary N) is 2. The van der Waals surface area contributed by atoms with Crippen molar-refractivity contribution in [1.82, 2.24) is 15.1 Å². The summed E-state index contributed by atoms with van der Waals surface area (Å²) in [5, 5.41) is 5.85. The van der Waals surface area contributed by atoms with Gasteiger partial charge in [-0.1, -0.05) is 37.6 Å². The Morgan fingerprint density at radius 3 is 2.44 bits per heavy atom. The van der Waals surface area contributed by atoms with Gasteiger partial charge in [0.1, 0.15) is 11.9 Å². The molecule has 7 nitrogen and oxygen atoms in total. The lowest BCUT2D eigenvalue weighted by Gasteiger charge is -2.33. The Morgan fingerprint density at radius 1 is 1.14 bits per heavy atom. The van der Waals surface area contributed by atoms with E-state index < -0.39 is 17.9 Å². The summed E-state index contributed by atoms with van der Waals surface area (Å²) >= 11 is 0. The molecule has 2 aliphatic heterocycles. The first-order valence-corrected chi connectivity index (χ1v) is 12.4. The molecule has 2 aromatic rings. The standard InChI is InChI=1S/C28H33FN4O3/c1-6-32-23-15-33(22(13-16(2)3)26(34)30-20-10-8-19(29)9-11-20)27(35)24(23)25(31-28(32)36)21-12-7-17(4)14-18(21)5/h7-12,14,16,22,25H,6,13,15H2,1-5H3,(H,30,34)(H,31,36). The zero-order valence-electron chi connectivity index (χ0n) is 21.4. The van der Waals surface area contributed by atoms with Crippen LogP contribution in [0.2, 0.25) is 0 Å². The van der Waals surface area contributed by atoms with E-state index in [9.17, 15) is 18.8 Å². The van der Waals surface area contributed by atoms with Gasteiger partial charge in [0.15, 0.2) is 0 Å².